The lowest BCUT2D eigenvalue weighted by molar-refractivity contribution is 0.0252. The summed E-state index contributed by atoms with van der Waals surface area (Å²) in [5.74, 6) is 0.857. The number of methoxy groups -OCH3 is 1. The molecule has 0 saturated heterocycles. The highest BCUT2D eigenvalue weighted by Crippen LogP contribution is 2.32. The first-order valence-electron chi connectivity index (χ1n) is 7.16. The Bertz CT molecular complexity index is 613. The first kappa shape index (κ1) is 14.4. The zero-order valence-electron chi connectivity index (χ0n) is 12.0. The maximum atomic E-state index is 6.06. The molecule has 0 bridgehead atoms. The maximum absolute atomic E-state index is 6.06. The number of ether oxygens (including phenoxy) is 2. The Kier molecular flexibility index (Phi) is 4.42. The SMILES string of the molecule is COc1ccc(COC2CCCc3ccc(Cl)nc32)cc1. The van der Waals surface area contributed by atoms with Gasteiger partial charge < -0.3 is 9.47 Å². The van der Waals surface area contributed by atoms with Crippen LogP contribution < -0.4 is 4.74 Å². The minimum atomic E-state index is 0.0366. The number of hydrogen-bond acceptors (Lipinski definition) is 3. The lowest BCUT2D eigenvalue weighted by Crippen LogP contribution is -2.15. The minimum Gasteiger partial charge on any atom is -0.497 e. The fourth-order valence-corrected chi connectivity index (χ4v) is 2.82. The van der Waals surface area contributed by atoms with Crippen LogP contribution in [0, 0.1) is 0 Å². The van der Waals surface area contributed by atoms with Gasteiger partial charge in [-0.1, -0.05) is 29.8 Å². The van der Waals surface area contributed by atoms with Crippen molar-refractivity contribution in [3.8, 4) is 5.75 Å². The van der Waals surface area contributed by atoms with Crippen molar-refractivity contribution in [1.82, 2.24) is 4.98 Å². The average Bonchev–Trinajstić information content (AvgIpc) is 2.53. The van der Waals surface area contributed by atoms with Crippen molar-refractivity contribution in [1.29, 1.82) is 0 Å². The average molecular weight is 304 g/mol. The van der Waals surface area contributed by atoms with Gasteiger partial charge in [0.2, 0.25) is 0 Å². The van der Waals surface area contributed by atoms with Crippen LogP contribution in [-0.4, -0.2) is 12.1 Å². The zero-order valence-corrected chi connectivity index (χ0v) is 12.8. The van der Waals surface area contributed by atoms with Crippen LogP contribution in [0.15, 0.2) is 36.4 Å². The number of fused-ring (bicyclic) bond motifs is 1. The Balaban J connectivity index is 1.70. The van der Waals surface area contributed by atoms with Crippen LogP contribution in [0.4, 0.5) is 0 Å². The molecule has 1 aromatic carbocycles. The van der Waals surface area contributed by atoms with Crippen LogP contribution in [0.5, 0.6) is 5.75 Å². The van der Waals surface area contributed by atoms with Gasteiger partial charge in [-0.15, -0.1) is 0 Å². The molecule has 3 nitrogen and oxygen atoms in total. The molecule has 4 heteroatoms. The van der Waals surface area contributed by atoms with Crippen molar-refractivity contribution in [2.24, 2.45) is 0 Å². The van der Waals surface area contributed by atoms with Gasteiger partial charge in [-0.05, 0) is 48.6 Å². The van der Waals surface area contributed by atoms with E-state index in [-0.39, 0.29) is 6.10 Å². The summed E-state index contributed by atoms with van der Waals surface area (Å²) in [6.45, 7) is 0.572. The summed E-state index contributed by atoms with van der Waals surface area (Å²) in [7, 11) is 1.67. The largest absolute Gasteiger partial charge is 0.497 e. The van der Waals surface area contributed by atoms with Crippen LogP contribution >= 0.6 is 11.6 Å². The van der Waals surface area contributed by atoms with Crippen molar-refractivity contribution in [3.63, 3.8) is 0 Å². The van der Waals surface area contributed by atoms with Crippen molar-refractivity contribution < 1.29 is 9.47 Å². The number of aromatic nitrogens is 1. The Morgan fingerprint density at radius 2 is 2.00 bits per heavy atom. The molecule has 3 rings (SSSR count). The third-order valence-electron chi connectivity index (χ3n) is 3.81. The van der Waals surface area contributed by atoms with Crippen LogP contribution in [-0.2, 0) is 17.8 Å². The van der Waals surface area contributed by atoms with Crippen LogP contribution in [0.2, 0.25) is 5.15 Å². The third-order valence-corrected chi connectivity index (χ3v) is 4.02. The van der Waals surface area contributed by atoms with E-state index < -0.39 is 0 Å². The summed E-state index contributed by atoms with van der Waals surface area (Å²) in [4.78, 5) is 4.46. The summed E-state index contributed by atoms with van der Waals surface area (Å²) in [6.07, 6.45) is 3.22. The Labute approximate surface area is 129 Å². The highest BCUT2D eigenvalue weighted by atomic mass is 35.5. The number of halogens is 1. The fourth-order valence-electron chi connectivity index (χ4n) is 2.66. The molecule has 0 fully saturated rings. The number of rotatable bonds is 4. The Morgan fingerprint density at radius 3 is 2.76 bits per heavy atom. The highest BCUT2D eigenvalue weighted by molar-refractivity contribution is 6.29. The Morgan fingerprint density at radius 1 is 1.19 bits per heavy atom. The number of benzene rings is 1. The molecule has 110 valence electrons. The van der Waals surface area contributed by atoms with Gasteiger partial charge in [0, 0.05) is 0 Å². The lowest BCUT2D eigenvalue weighted by Gasteiger charge is -2.24. The smallest absolute Gasteiger partial charge is 0.129 e. The number of nitrogens with zero attached hydrogens (tertiary/aromatic N) is 1. The van der Waals surface area contributed by atoms with Crippen molar-refractivity contribution in [2.45, 2.75) is 32.0 Å². The second-order valence-corrected chi connectivity index (χ2v) is 5.61. The van der Waals surface area contributed by atoms with Crippen LogP contribution in [0.3, 0.4) is 0 Å². The topological polar surface area (TPSA) is 31.4 Å². The van der Waals surface area contributed by atoms with Gasteiger partial charge in [0.05, 0.1) is 19.4 Å². The number of hydrogen-bond donors (Lipinski definition) is 0. The molecule has 0 amide bonds. The van der Waals surface area contributed by atoms with Gasteiger partial charge in [0.1, 0.15) is 17.0 Å². The molecule has 1 aromatic heterocycles. The second-order valence-electron chi connectivity index (χ2n) is 5.22. The molecule has 2 aromatic rings. The van der Waals surface area contributed by atoms with E-state index in [0.717, 1.165) is 36.3 Å². The summed E-state index contributed by atoms with van der Waals surface area (Å²) < 4.78 is 11.2. The van der Waals surface area contributed by atoms with E-state index in [1.807, 2.05) is 30.3 Å². The van der Waals surface area contributed by atoms with Crippen molar-refractivity contribution in [2.75, 3.05) is 7.11 Å². The zero-order chi connectivity index (χ0) is 14.7. The highest BCUT2D eigenvalue weighted by Gasteiger charge is 2.22. The van der Waals surface area contributed by atoms with Gasteiger partial charge in [0.25, 0.3) is 0 Å². The van der Waals surface area contributed by atoms with Gasteiger partial charge in [-0.25, -0.2) is 4.98 Å². The van der Waals surface area contributed by atoms with E-state index in [1.165, 1.54) is 5.56 Å². The molecule has 1 unspecified atom stereocenters. The van der Waals surface area contributed by atoms with Gasteiger partial charge in [-0.3, -0.25) is 0 Å². The number of aryl methyl sites for hydroxylation is 1. The molecular formula is C17H18ClNO2. The normalized spacial score (nSPS) is 17.3. The molecule has 0 aliphatic heterocycles. The molecule has 1 aliphatic carbocycles. The number of pyridine rings is 1. The summed E-state index contributed by atoms with van der Waals surface area (Å²) >= 11 is 6.01. The quantitative estimate of drug-likeness (QED) is 0.787. The standard InChI is InChI=1S/C17H18ClNO2/c1-20-14-8-5-12(6-9-14)11-21-15-4-2-3-13-7-10-16(18)19-17(13)15/h5-10,15H,2-4,11H2,1H3. The van der Waals surface area contributed by atoms with Gasteiger partial charge >= 0.3 is 0 Å². The first-order valence-corrected chi connectivity index (χ1v) is 7.54. The van der Waals surface area contributed by atoms with Crippen LogP contribution in [0.1, 0.15) is 35.8 Å². The molecule has 0 radical (unpaired) electrons. The molecule has 1 atom stereocenters. The van der Waals surface area contributed by atoms with E-state index in [9.17, 15) is 0 Å². The van der Waals surface area contributed by atoms with E-state index in [0.29, 0.717) is 11.8 Å². The van der Waals surface area contributed by atoms with E-state index in [4.69, 9.17) is 21.1 Å². The summed E-state index contributed by atoms with van der Waals surface area (Å²) in [6, 6.07) is 11.9. The van der Waals surface area contributed by atoms with Crippen LogP contribution in [0.25, 0.3) is 0 Å². The van der Waals surface area contributed by atoms with E-state index in [2.05, 4.69) is 11.1 Å². The lowest BCUT2D eigenvalue weighted by atomic mass is 9.94. The maximum Gasteiger partial charge on any atom is 0.129 e. The molecule has 1 heterocycles. The first-order chi connectivity index (χ1) is 10.3. The molecule has 0 N–H and O–H groups in total. The second kappa shape index (κ2) is 6.46. The molecule has 21 heavy (non-hydrogen) atoms. The summed E-state index contributed by atoms with van der Waals surface area (Å²) in [5, 5.41) is 0.536. The monoisotopic (exact) mass is 303 g/mol. The van der Waals surface area contributed by atoms with Crippen molar-refractivity contribution in [3.05, 3.63) is 58.4 Å². The summed E-state index contributed by atoms with van der Waals surface area (Å²) in [5.41, 5.74) is 3.39. The molecule has 0 spiro atoms. The van der Waals surface area contributed by atoms with E-state index in [1.54, 1.807) is 7.11 Å². The van der Waals surface area contributed by atoms with Gasteiger partial charge in [0.15, 0.2) is 0 Å². The molecule has 0 saturated carbocycles. The predicted octanol–water partition coefficient (Wildman–Crippen LogP) is 4.34. The third kappa shape index (κ3) is 3.36. The van der Waals surface area contributed by atoms with E-state index >= 15 is 0 Å². The predicted molar refractivity (Wildman–Crippen MR) is 82.7 cm³/mol. The fraction of sp³-hybridized carbons (Fsp3) is 0.353. The molecular weight excluding hydrogens is 286 g/mol. The minimum absolute atomic E-state index is 0.0366. The van der Waals surface area contributed by atoms with Gasteiger partial charge in [-0.2, -0.15) is 0 Å². The molecule has 1 aliphatic rings. The van der Waals surface area contributed by atoms with Crippen molar-refractivity contribution >= 4 is 11.6 Å². The Hall–Kier alpha value is -1.58.